The molecule has 4 nitrogen and oxygen atoms in total. The average molecular weight is 406 g/mol. The Morgan fingerprint density at radius 2 is 1.83 bits per heavy atom. The number of Topliss-reactive ketones (excluding diaryl/α,β-unsaturated/α-hetero) is 1. The van der Waals surface area contributed by atoms with Crippen LogP contribution in [0.2, 0.25) is 0 Å². The number of ether oxygens (including phenoxy) is 1. The molecule has 0 amide bonds. The van der Waals surface area contributed by atoms with Crippen LogP contribution < -0.4 is 4.74 Å². The molecule has 0 radical (unpaired) electrons. The monoisotopic (exact) mass is 406 g/mol. The molecule has 0 spiro atoms. The zero-order valence-corrected chi connectivity index (χ0v) is 15.9. The molecule has 29 heavy (non-hydrogen) atoms. The summed E-state index contributed by atoms with van der Waals surface area (Å²) >= 11 is 0. The largest absolute Gasteiger partial charge is 0.481 e. The Bertz CT molecular complexity index is 930. The number of hydrogen-bond donors (Lipinski definition) is 1. The number of hydrogen-bond acceptors (Lipinski definition) is 3. The van der Waals surface area contributed by atoms with Crippen molar-refractivity contribution in [3.8, 4) is 16.9 Å². The minimum Gasteiger partial charge on any atom is -0.481 e. The highest BCUT2D eigenvalue weighted by Gasteiger charge is 2.31. The summed E-state index contributed by atoms with van der Waals surface area (Å²) in [6.07, 6.45) is -1.48. The molecule has 1 N–H and O–H groups in total. The smallest absolute Gasteiger partial charge is 0.416 e. The van der Waals surface area contributed by atoms with Crippen LogP contribution in [0.1, 0.15) is 36.0 Å². The summed E-state index contributed by atoms with van der Waals surface area (Å²) in [5.41, 5.74) is 1.29. The summed E-state index contributed by atoms with van der Waals surface area (Å²) in [7, 11) is 0. The van der Waals surface area contributed by atoms with Crippen LogP contribution in [-0.4, -0.2) is 23.5 Å². The number of benzene rings is 2. The summed E-state index contributed by atoms with van der Waals surface area (Å²) in [6, 6.07) is 8.10. The van der Waals surface area contributed by atoms with Crippen LogP contribution in [0, 0.1) is 12.8 Å². The third-order valence-electron chi connectivity index (χ3n) is 4.85. The molecule has 0 atom stereocenters. The van der Waals surface area contributed by atoms with Crippen LogP contribution in [0.4, 0.5) is 13.2 Å². The van der Waals surface area contributed by atoms with E-state index < -0.39 is 24.3 Å². The van der Waals surface area contributed by atoms with E-state index in [1.165, 1.54) is 0 Å². The lowest BCUT2D eigenvalue weighted by Crippen LogP contribution is -2.11. The molecule has 1 aliphatic carbocycles. The molecule has 0 saturated heterocycles. The lowest BCUT2D eigenvalue weighted by atomic mass is 9.94. The highest BCUT2D eigenvalue weighted by Crippen LogP contribution is 2.39. The molecule has 0 heterocycles. The highest BCUT2D eigenvalue weighted by molar-refractivity contribution is 5.82. The summed E-state index contributed by atoms with van der Waals surface area (Å²) in [4.78, 5) is 22.9. The van der Waals surface area contributed by atoms with Gasteiger partial charge >= 0.3 is 12.1 Å². The fraction of sp³-hybridized carbons (Fsp3) is 0.364. The predicted octanol–water partition coefficient (Wildman–Crippen LogP) is 5.06. The average Bonchev–Trinajstić information content (AvgIpc) is 3.43. The zero-order chi connectivity index (χ0) is 21.2. The molecule has 1 saturated carbocycles. The second kappa shape index (κ2) is 8.27. The summed E-state index contributed by atoms with van der Waals surface area (Å²) in [5.74, 6) is -0.510. The van der Waals surface area contributed by atoms with Gasteiger partial charge in [0, 0.05) is 18.4 Å². The number of halogens is 3. The molecule has 0 bridgehead atoms. The van der Waals surface area contributed by atoms with Gasteiger partial charge < -0.3 is 9.84 Å². The number of aliphatic carboxylic acids is 1. The normalized spacial score (nSPS) is 13.9. The van der Waals surface area contributed by atoms with Crippen LogP contribution >= 0.6 is 0 Å². The lowest BCUT2D eigenvalue weighted by Gasteiger charge is -2.16. The minimum atomic E-state index is -4.54. The Morgan fingerprint density at radius 3 is 2.41 bits per heavy atom. The maximum Gasteiger partial charge on any atom is 0.416 e. The van der Waals surface area contributed by atoms with Crippen molar-refractivity contribution in [2.45, 2.75) is 38.8 Å². The van der Waals surface area contributed by atoms with Crippen molar-refractivity contribution < 1.29 is 32.6 Å². The molecule has 7 heteroatoms. The number of alkyl halides is 3. The Balaban J connectivity index is 1.91. The molecule has 0 aliphatic heterocycles. The van der Waals surface area contributed by atoms with Crippen molar-refractivity contribution in [1.29, 1.82) is 0 Å². The third-order valence-corrected chi connectivity index (χ3v) is 4.85. The Morgan fingerprint density at radius 1 is 1.10 bits per heavy atom. The zero-order valence-electron chi connectivity index (χ0n) is 15.9. The first-order chi connectivity index (χ1) is 13.6. The van der Waals surface area contributed by atoms with Crippen molar-refractivity contribution in [3.63, 3.8) is 0 Å². The topological polar surface area (TPSA) is 63.6 Å². The van der Waals surface area contributed by atoms with Crippen molar-refractivity contribution in [2.24, 2.45) is 5.92 Å². The fourth-order valence-corrected chi connectivity index (χ4v) is 3.26. The number of ketones is 1. The number of carboxylic acid groups (broad SMARTS) is 1. The first kappa shape index (κ1) is 20.9. The Hall–Kier alpha value is -2.83. The summed E-state index contributed by atoms with van der Waals surface area (Å²) in [6.45, 7) is 1.08. The molecule has 0 aromatic heterocycles. The van der Waals surface area contributed by atoms with E-state index in [0.717, 1.165) is 36.6 Å². The number of aryl methyl sites for hydroxylation is 1. The van der Waals surface area contributed by atoms with Crippen LogP contribution in [0.5, 0.6) is 5.75 Å². The summed E-state index contributed by atoms with van der Waals surface area (Å²) in [5, 5.41) is 8.82. The second-order valence-electron chi connectivity index (χ2n) is 7.40. The first-order valence-corrected chi connectivity index (χ1v) is 9.31. The van der Waals surface area contributed by atoms with E-state index in [1.807, 2.05) is 0 Å². The van der Waals surface area contributed by atoms with Gasteiger partial charge in [-0.05, 0) is 60.6 Å². The molecule has 3 rings (SSSR count). The van der Waals surface area contributed by atoms with Gasteiger partial charge in [-0.3, -0.25) is 4.79 Å². The van der Waals surface area contributed by atoms with Gasteiger partial charge in [-0.2, -0.15) is 13.2 Å². The maximum absolute atomic E-state index is 13.2. The molecule has 0 unspecified atom stereocenters. The van der Waals surface area contributed by atoms with E-state index in [0.29, 0.717) is 29.9 Å². The van der Waals surface area contributed by atoms with Gasteiger partial charge in [0.1, 0.15) is 11.5 Å². The minimum absolute atomic E-state index is 0.0565. The number of carboxylic acids is 1. The van der Waals surface area contributed by atoms with Crippen molar-refractivity contribution in [3.05, 3.63) is 53.1 Å². The Kier molecular flexibility index (Phi) is 5.96. The van der Waals surface area contributed by atoms with Gasteiger partial charge in [-0.1, -0.05) is 18.2 Å². The third kappa shape index (κ3) is 5.59. The van der Waals surface area contributed by atoms with Gasteiger partial charge in [-0.15, -0.1) is 0 Å². The SMILES string of the molecule is Cc1cc(CC(=O)CC2CC2)ccc1-c1cc(C(F)(F)F)ccc1OCC(=O)O. The number of carbonyl (C=O) groups is 2. The standard InChI is InChI=1S/C22H21F3O4/c1-13-8-15(10-17(26)9-14-2-3-14)4-6-18(13)19-11-16(22(23,24)25)5-7-20(19)29-12-21(27)28/h4-8,11,14H,2-3,9-10,12H2,1H3,(H,27,28). The highest BCUT2D eigenvalue weighted by atomic mass is 19.4. The van der Waals surface area contributed by atoms with E-state index in [1.54, 1.807) is 25.1 Å². The molecule has 2 aromatic carbocycles. The molecular weight excluding hydrogens is 385 g/mol. The van der Waals surface area contributed by atoms with Crippen LogP contribution in [0.3, 0.4) is 0 Å². The number of carbonyl (C=O) groups excluding carboxylic acids is 1. The van der Waals surface area contributed by atoms with E-state index in [4.69, 9.17) is 9.84 Å². The van der Waals surface area contributed by atoms with Gasteiger partial charge in [0.25, 0.3) is 0 Å². The van der Waals surface area contributed by atoms with E-state index >= 15 is 0 Å². The molecule has 154 valence electrons. The molecular formula is C22H21F3O4. The van der Waals surface area contributed by atoms with Crippen LogP contribution in [-0.2, 0) is 22.2 Å². The predicted molar refractivity (Wildman–Crippen MR) is 101 cm³/mol. The fourth-order valence-electron chi connectivity index (χ4n) is 3.26. The molecule has 1 fully saturated rings. The van der Waals surface area contributed by atoms with Gasteiger partial charge in [0.15, 0.2) is 6.61 Å². The van der Waals surface area contributed by atoms with Gasteiger partial charge in [0.05, 0.1) is 5.56 Å². The Labute approximate surface area is 166 Å². The second-order valence-corrected chi connectivity index (χ2v) is 7.40. The summed E-state index contributed by atoms with van der Waals surface area (Å²) < 4.78 is 44.7. The van der Waals surface area contributed by atoms with Gasteiger partial charge in [0.2, 0.25) is 0 Å². The van der Waals surface area contributed by atoms with Gasteiger partial charge in [-0.25, -0.2) is 4.79 Å². The number of rotatable bonds is 8. The molecule has 2 aromatic rings. The molecule has 1 aliphatic rings. The van der Waals surface area contributed by atoms with E-state index in [2.05, 4.69) is 0 Å². The van der Waals surface area contributed by atoms with Crippen LogP contribution in [0.25, 0.3) is 11.1 Å². The maximum atomic E-state index is 13.2. The quantitative estimate of drug-likeness (QED) is 0.666. The first-order valence-electron chi connectivity index (χ1n) is 9.31. The van der Waals surface area contributed by atoms with Crippen molar-refractivity contribution in [1.82, 2.24) is 0 Å². The van der Waals surface area contributed by atoms with E-state index in [-0.39, 0.29) is 17.1 Å². The van der Waals surface area contributed by atoms with Crippen molar-refractivity contribution in [2.75, 3.05) is 6.61 Å². The van der Waals surface area contributed by atoms with Crippen LogP contribution in [0.15, 0.2) is 36.4 Å². The van der Waals surface area contributed by atoms with Crippen molar-refractivity contribution >= 4 is 11.8 Å². The lowest BCUT2D eigenvalue weighted by molar-refractivity contribution is -0.140. The van der Waals surface area contributed by atoms with E-state index in [9.17, 15) is 22.8 Å².